The molecule has 0 atom stereocenters. The Morgan fingerprint density at radius 3 is 2.78 bits per heavy atom. The van der Waals surface area contributed by atoms with E-state index < -0.39 is 0 Å². The lowest BCUT2D eigenvalue weighted by Crippen LogP contribution is -2.26. The van der Waals surface area contributed by atoms with Gasteiger partial charge in [0.2, 0.25) is 5.91 Å². The normalized spacial score (nSPS) is 10.7. The Hall–Kier alpha value is -2.60. The predicted octanol–water partition coefficient (Wildman–Crippen LogP) is 2.59. The lowest BCUT2D eigenvalue weighted by atomic mass is 10.2. The summed E-state index contributed by atoms with van der Waals surface area (Å²) < 4.78 is 5.03. The largest absolute Gasteiger partial charge is 0.463 e. The molecule has 2 N–H and O–H groups in total. The van der Waals surface area contributed by atoms with E-state index in [1.807, 2.05) is 0 Å². The number of amides is 2. The SMILES string of the molecule is O=C(CCCNC(=O)c1ccccc1Cl)NN=Cc1ccco1. The zero-order valence-electron chi connectivity index (χ0n) is 12.3. The number of furan rings is 1. The molecule has 120 valence electrons. The van der Waals surface area contributed by atoms with Crippen molar-refractivity contribution in [1.82, 2.24) is 10.7 Å². The zero-order valence-corrected chi connectivity index (χ0v) is 13.0. The van der Waals surface area contributed by atoms with Crippen LogP contribution in [0.1, 0.15) is 29.0 Å². The van der Waals surface area contributed by atoms with Crippen LogP contribution in [0, 0.1) is 0 Å². The molecule has 2 amide bonds. The molecule has 1 aromatic carbocycles. The minimum absolute atomic E-state index is 0.236. The maximum absolute atomic E-state index is 11.9. The number of carbonyl (C=O) groups is 2. The molecule has 0 aliphatic carbocycles. The number of carbonyl (C=O) groups excluding carboxylic acids is 2. The number of hydrogen-bond donors (Lipinski definition) is 2. The van der Waals surface area contributed by atoms with E-state index in [0.717, 1.165) is 0 Å². The van der Waals surface area contributed by atoms with E-state index in [1.165, 1.54) is 12.5 Å². The Bertz CT molecular complexity index is 684. The van der Waals surface area contributed by atoms with E-state index >= 15 is 0 Å². The van der Waals surface area contributed by atoms with Crippen LogP contribution >= 0.6 is 11.6 Å². The van der Waals surface area contributed by atoms with Crippen LogP contribution in [0.15, 0.2) is 52.2 Å². The quantitative estimate of drug-likeness (QED) is 0.464. The van der Waals surface area contributed by atoms with Crippen molar-refractivity contribution in [2.24, 2.45) is 5.10 Å². The van der Waals surface area contributed by atoms with E-state index in [0.29, 0.717) is 29.3 Å². The molecule has 0 aliphatic heterocycles. The average molecular weight is 334 g/mol. The van der Waals surface area contributed by atoms with Crippen molar-refractivity contribution in [1.29, 1.82) is 0 Å². The van der Waals surface area contributed by atoms with Crippen LogP contribution in [0.25, 0.3) is 0 Å². The first-order chi connectivity index (χ1) is 11.2. The highest BCUT2D eigenvalue weighted by Crippen LogP contribution is 2.14. The summed E-state index contributed by atoms with van der Waals surface area (Å²) in [5.41, 5.74) is 2.80. The Labute approximate surface area is 138 Å². The molecule has 23 heavy (non-hydrogen) atoms. The van der Waals surface area contributed by atoms with Crippen molar-refractivity contribution in [3.8, 4) is 0 Å². The molecule has 0 radical (unpaired) electrons. The molecule has 0 saturated heterocycles. The summed E-state index contributed by atoms with van der Waals surface area (Å²) in [5, 5.41) is 6.88. The van der Waals surface area contributed by atoms with Crippen molar-refractivity contribution < 1.29 is 14.0 Å². The summed E-state index contributed by atoms with van der Waals surface area (Å²) in [5.74, 6) is 0.0592. The fraction of sp³-hybridized carbons (Fsp3) is 0.188. The van der Waals surface area contributed by atoms with Gasteiger partial charge in [0.1, 0.15) is 5.76 Å². The summed E-state index contributed by atoms with van der Waals surface area (Å²) in [6.07, 6.45) is 3.68. The third kappa shape index (κ3) is 5.60. The van der Waals surface area contributed by atoms with Crippen molar-refractivity contribution in [2.45, 2.75) is 12.8 Å². The monoisotopic (exact) mass is 333 g/mol. The fourth-order valence-electron chi connectivity index (χ4n) is 1.78. The molecule has 2 rings (SSSR count). The highest BCUT2D eigenvalue weighted by atomic mass is 35.5. The van der Waals surface area contributed by atoms with Gasteiger partial charge in [-0.05, 0) is 30.7 Å². The molecule has 0 fully saturated rings. The van der Waals surface area contributed by atoms with Crippen LogP contribution < -0.4 is 10.7 Å². The average Bonchev–Trinajstić information content (AvgIpc) is 3.05. The molecular formula is C16H16ClN3O3. The number of nitrogens with one attached hydrogen (secondary N) is 2. The first-order valence-electron chi connectivity index (χ1n) is 7.05. The highest BCUT2D eigenvalue weighted by Gasteiger charge is 2.08. The van der Waals surface area contributed by atoms with Gasteiger partial charge in [-0.25, -0.2) is 5.43 Å². The van der Waals surface area contributed by atoms with Gasteiger partial charge in [-0.15, -0.1) is 0 Å². The van der Waals surface area contributed by atoms with Crippen LogP contribution in [-0.2, 0) is 4.79 Å². The maximum Gasteiger partial charge on any atom is 0.252 e. The standard InChI is InChI=1S/C16H16ClN3O3/c17-14-7-2-1-6-13(14)16(22)18-9-3-8-15(21)20-19-11-12-5-4-10-23-12/h1-2,4-7,10-11H,3,8-9H2,(H,18,22)(H,20,21). The number of rotatable bonds is 7. The molecule has 0 spiro atoms. The Kier molecular flexibility index (Phi) is 6.38. The minimum atomic E-state index is -0.258. The molecular weight excluding hydrogens is 318 g/mol. The number of hydrazone groups is 1. The van der Waals surface area contributed by atoms with Gasteiger partial charge < -0.3 is 9.73 Å². The summed E-state index contributed by atoms with van der Waals surface area (Å²) >= 11 is 5.93. The van der Waals surface area contributed by atoms with Gasteiger partial charge in [-0.3, -0.25) is 9.59 Å². The maximum atomic E-state index is 11.9. The second-order valence-corrected chi connectivity index (χ2v) is 5.06. The molecule has 6 nitrogen and oxygen atoms in total. The van der Waals surface area contributed by atoms with Crippen molar-refractivity contribution >= 4 is 29.6 Å². The van der Waals surface area contributed by atoms with Crippen molar-refractivity contribution in [3.05, 3.63) is 59.0 Å². The van der Waals surface area contributed by atoms with Crippen LogP contribution in [0.3, 0.4) is 0 Å². The van der Waals surface area contributed by atoms with Gasteiger partial charge in [0, 0.05) is 13.0 Å². The molecule has 1 heterocycles. The topological polar surface area (TPSA) is 83.7 Å². The molecule has 1 aromatic heterocycles. The van der Waals surface area contributed by atoms with E-state index in [9.17, 15) is 9.59 Å². The summed E-state index contributed by atoms with van der Waals surface area (Å²) in [7, 11) is 0. The lowest BCUT2D eigenvalue weighted by molar-refractivity contribution is -0.121. The summed E-state index contributed by atoms with van der Waals surface area (Å²) in [4.78, 5) is 23.4. The van der Waals surface area contributed by atoms with E-state index in [4.69, 9.17) is 16.0 Å². The number of halogens is 1. The predicted molar refractivity (Wildman–Crippen MR) is 87.5 cm³/mol. The first-order valence-corrected chi connectivity index (χ1v) is 7.43. The molecule has 0 bridgehead atoms. The minimum Gasteiger partial charge on any atom is -0.463 e. The van der Waals surface area contributed by atoms with Crippen LogP contribution in [0.5, 0.6) is 0 Å². The number of benzene rings is 1. The molecule has 0 unspecified atom stereocenters. The van der Waals surface area contributed by atoms with Gasteiger partial charge in [-0.1, -0.05) is 23.7 Å². The van der Waals surface area contributed by atoms with Gasteiger partial charge in [0.15, 0.2) is 0 Å². The molecule has 2 aromatic rings. The van der Waals surface area contributed by atoms with Crippen LogP contribution in [-0.4, -0.2) is 24.6 Å². The van der Waals surface area contributed by atoms with Crippen LogP contribution in [0.2, 0.25) is 5.02 Å². The number of hydrogen-bond acceptors (Lipinski definition) is 4. The molecule has 0 aliphatic rings. The third-order valence-electron chi connectivity index (χ3n) is 2.91. The highest BCUT2D eigenvalue weighted by molar-refractivity contribution is 6.33. The first kappa shape index (κ1) is 16.8. The van der Waals surface area contributed by atoms with Gasteiger partial charge in [0.05, 0.1) is 23.1 Å². The second-order valence-electron chi connectivity index (χ2n) is 4.65. The summed E-state index contributed by atoms with van der Waals surface area (Å²) in [6.45, 7) is 0.374. The van der Waals surface area contributed by atoms with Gasteiger partial charge in [-0.2, -0.15) is 5.10 Å². The number of nitrogens with zero attached hydrogens (tertiary/aromatic N) is 1. The van der Waals surface area contributed by atoms with E-state index in [2.05, 4.69) is 15.8 Å². The smallest absolute Gasteiger partial charge is 0.252 e. The molecule has 7 heteroatoms. The zero-order chi connectivity index (χ0) is 16.5. The van der Waals surface area contributed by atoms with E-state index in [-0.39, 0.29) is 18.2 Å². The van der Waals surface area contributed by atoms with Crippen LogP contribution in [0.4, 0.5) is 0 Å². The van der Waals surface area contributed by atoms with Crippen molar-refractivity contribution in [2.75, 3.05) is 6.54 Å². The third-order valence-corrected chi connectivity index (χ3v) is 3.24. The lowest BCUT2D eigenvalue weighted by Gasteiger charge is -2.06. The Morgan fingerprint density at radius 2 is 2.04 bits per heavy atom. The Balaban J connectivity index is 1.64. The molecule has 0 saturated carbocycles. The van der Waals surface area contributed by atoms with Gasteiger partial charge in [0.25, 0.3) is 5.91 Å². The second kappa shape index (κ2) is 8.75. The Morgan fingerprint density at radius 1 is 1.22 bits per heavy atom. The van der Waals surface area contributed by atoms with Gasteiger partial charge >= 0.3 is 0 Å². The fourth-order valence-corrected chi connectivity index (χ4v) is 2.00. The van der Waals surface area contributed by atoms with Crippen molar-refractivity contribution in [3.63, 3.8) is 0 Å². The summed E-state index contributed by atoms with van der Waals surface area (Å²) in [6, 6.07) is 10.2. The van der Waals surface area contributed by atoms with E-state index in [1.54, 1.807) is 36.4 Å².